The lowest BCUT2D eigenvalue weighted by molar-refractivity contribution is -0.198. The molecule has 0 amide bonds. The Morgan fingerprint density at radius 2 is 1.90 bits per heavy atom. The Labute approximate surface area is 119 Å². The second kappa shape index (κ2) is 6.13. The van der Waals surface area contributed by atoms with Crippen molar-refractivity contribution in [2.75, 3.05) is 23.7 Å². The topological polar surface area (TPSA) is 70.1 Å². The van der Waals surface area contributed by atoms with Crippen LogP contribution in [0.1, 0.15) is 6.92 Å². The Bertz CT molecular complexity index is 618. The molecule has 0 radical (unpaired) electrons. The first-order valence-electron chi connectivity index (χ1n) is 6.41. The van der Waals surface area contributed by atoms with Crippen LogP contribution in [0.4, 0.5) is 24.9 Å². The smallest absolute Gasteiger partial charge is 0.382 e. The lowest BCUT2D eigenvalue weighted by Gasteiger charge is -2.16. The summed E-state index contributed by atoms with van der Waals surface area (Å²) in [5.41, 5.74) is 0.604. The predicted octanol–water partition coefficient (Wildman–Crippen LogP) is 2.40. The molecule has 2 rings (SSSR count). The molecule has 1 aromatic carbocycles. The first-order valence-corrected chi connectivity index (χ1v) is 6.41. The fraction of sp³-hybridized carbons (Fsp3) is 0.385. The summed E-state index contributed by atoms with van der Waals surface area (Å²) in [6.07, 6.45) is -7.12. The molecule has 0 fully saturated rings. The summed E-state index contributed by atoms with van der Waals surface area (Å²) in [7, 11) is 0. The van der Waals surface area contributed by atoms with Gasteiger partial charge in [0.25, 0.3) is 0 Å². The van der Waals surface area contributed by atoms with Gasteiger partial charge in [-0.2, -0.15) is 18.2 Å². The molecule has 2 aromatic rings. The summed E-state index contributed by atoms with van der Waals surface area (Å²) in [5.74, 6) is 0.569. The zero-order valence-corrected chi connectivity index (χ0v) is 11.3. The third-order valence-corrected chi connectivity index (χ3v) is 2.78. The molecule has 0 bridgehead atoms. The number of fused-ring (bicyclic) bond motifs is 1. The molecule has 114 valence electrons. The minimum Gasteiger partial charge on any atom is -0.382 e. The zero-order valence-electron chi connectivity index (χ0n) is 11.3. The number of para-hydroxylation sites is 1. The Morgan fingerprint density at radius 1 is 1.19 bits per heavy atom. The van der Waals surface area contributed by atoms with E-state index in [1.165, 1.54) is 0 Å². The number of nitrogens with zero attached hydrogens (tertiary/aromatic N) is 2. The van der Waals surface area contributed by atoms with E-state index in [0.29, 0.717) is 23.4 Å². The molecule has 0 aliphatic carbocycles. The van der Waals surface area contributed by atoms with Crippen molar-refractivity contribution >= 4 is 22.7 Å². The SMILES string of the molecule is CCNc1nc(NCC(O)C(F)(F)F)c2ccccc2n1. The van der Waals surface area contributed by atoms with E-state index >= 15 is 0 Å². The number of alkyl halides is 3. The highest BCUT2D eigenvalue weighted by atomic mass is 19.4. The van der Waals surface area contributed by atoms with E-state index in [2.05, 4.69) is 20.6 Å². The van der Waals surface area contributed by atoms with Crippen molar-refractivity contribution in [3.8, 4) is 0 Å². The van der Waals surface area contributed by atoms with Gasteiger partial charge in [-0.3, -0.25) is 0 Å². The fourth-order valence-corrected chi connectivity index (χ4v) is 1.76. The molecular weight excluding hydrogens is 285 g/mol. The molecule has 0 spiro atoms. The van der Waals surface area contributed by atoms with E-state index in [9.17, 15) is 13.2 Å². The van der Waals surface area contributed by atoms with Crippen LogP contribution in [0.5, 0.6) is 0 Å². The van der Waals surface area contributed by atoms with Gasteiger partial charge in [-0.1, -0.05) is 12.1 Å². The van der Waals surface area contributed by atoms with Crippen molar-refractivity contribution in [1.29, 1.82) is 0 Å². The Hall–Kier alpha value is -2.09. The molecule has 0 aliphatic heterocycles. The summed E-state index contributed by atoms with van der Waals surface area (Å²) < 4.78 is 37.0. The summed E-state index contributed by atoms with van der Waals surface area (Å²) in [6, 6.07) is 6.96. The molecule has 1 heterocycles. The summed E-state index contributed by atoms with van der Waals surface area (Å²) in [4.78, 5) is 8.39. The van der Waals surface area contributed by atoms with E-state index in [-0.39, 0.29) is 5.82 Å². The molecule has 5 nitrogen and oxygen atoms in total. The number of nitrogens with one attached hydrogen (secondary N) is 2. The number of aliphatic hydroxyl groups is 1. The Kier molecular flexibility index (Phi) is 4.46. The van der Waals surface area contributed by atoms with Crippen LogP contribution in [0.25, 0.3) is 10.9 Å². The summed E-state index contributed by atoms with van der Waals surface area (Å²) in [6.45, 7) is 1.78. The van der Waals surface area contributed by atoms with Crippen molar-refractivity contribution in [3.05, 3.63) is 24.3 Å². The third kappa shape index (κ3) is 3.72. The molecular formula is C13H15F3N4O. The molecule has 1 aromatic heterocycles. The standard InChI is InChI=1S/C13H15F3N4O/c1-2-17-12-19-9-6-4-3-5-8(9)11(20-12)18-7-10(21)13(14,15)16/h3-6,10,21H,2,7H2,1H3,(H2,17,18,19,20). The minimum absolute atomic E-state index is 0.250. The van der Waals surface area contributed by atoms with Gasteiger partial charge in [0.15, 0.2) is 6.10 Å². The monoisotopic (exact) mass is 300 g/mol. The highest BCUT2D eigenvalue weighted by molar-refractivity contribution is 5.90. The molecule has 1 unspecified atom stereocenters. The second-order valence-corrected chi connectivity index (χ2v) is 4.38. The van der Waals surface area contributed by atoms with E-state index < -0.39 is 18.8 Å². The van der Waals surface area contributed by atoms with Gasteiger partial charge < -0.3 is 15.7 Å². The lowest BCUT2D eigenvalue weighted by atomic mass is 10.2. The Morgan fingerprint density at radius 3 is 2.57 bits per heavy atom. The van der Waals surface area contributed by atoms with E-state index in [0.717, 1.165) is 0 Å². The number of rotatable bonds is 5. The quantitative estimate of drug-likeness (QED) is 0.791. The van der Waals surface area contributed by atoms with Crippen LogP contribution in [0.15, 0.2) is 24.3 Å². The van der Waals surface area contributed by atoms with Gasteiger partial charge in [0.05, 0.1) is 12.1 Å². The number of aromatic nitrogens is 2. The first-order chi connectivity index (χ1) is 9.91. The van der Waals surface area contributed by atoms with E-state index in [1.807, 2.05) is 6.92 Å². The first kappa shape index (κ1) is 15.3. The number of halogens is 3. The molecule has 3 N–H and O–H groups in total. The normalized spacial score (nSPS) is 13.2. The Balaban J connectivity index is 2.28. The van der Waals surface area contributed by atoms with Gasteiger partial charge >= 0.3 is 6.18 Å². The van der Waals surface area contributed by atoms with Gasteiger partial charge in [0.2, 0.25) is 5.95 Å². The maximum atomic E-state index is 12.3. The number of benzene rings is 1. The van der Waals surface area contributed by atoms with Crippen molar-refractivity contribution < 1.29 is 18.3 Å². The van der Waals surface area contributed by atoms with Crippen LogP contribution in [-0.4, -0.2) is 40.4 Å². The van der Waals surface area contributed by atoms with Crippen LogP contribution < -0.4 is 10.6 Å². The van der Waals surface area contributed by atoms with Gasteiger partial charge in [0.1, 0.15) is 5.82 Å². The van der Waals surface area contributed by atoms with Crippen molar-refractivity contribution in [3.63, 3.8) is 0 Å². The highest BCUT2D eigenvalue weighted by Gasteiger charge is 2.38. The van der Waals surface area contributed by atoms with Crippen LogP contribution in [0.3, 0.4) is 0 Å². The van der Waals surface area contributed by atoms with E-state index in [1.54, 1.807) is 24.3 Å². The minimum atomic E-state index is -4.67. The number of aliphatic hydroxyl groups excluding tert-OH is 1. The largest absolute Gasteiger partial charge is 0.416 e. The third-order valence-electron chi connectivity index (χ3n) is 2.78. The van der Waals surface area contributed by atoms with E-state index in [4.69, 9.17) is 5.11 Å². The molecule has 1 atom stereocenters. The van der Waals surface area contributed by atoms with Gasteiger partial charge in [-0.25, -0.2) is 4.98 Å². The van der Waals surface area contributed by atoms with Crippen molar-refractivity contribution in [2.45, 2.75) is 19.2 Å². The zero-order chi connectivity index (χ0) is 15.5. The fourth-order valence-electron chi connectivity index (χ4n) is 1.76. The summed E-state index contributed by atoms with van der Waals surface area (Å²) in [5, 5.41) is 15.1. The van der Waals surface area contributed by atoms with Crippen LogP contribution in [0, 0.1) is 0 Å². The van der Waals surface area contributed by atoms with Gasteiger partial charge in [-0.15, -0.1) is 0 Å². The van der Waals surface area contributed by atoms with Crippen molar-refractivity contribution in [2.24, 2.45) is 0 Å². The maximum Gasteiger partial charge on any atom is 0.416 e. The van der Waals surface area contributed by atoms with Crippen LogP contribution >= 0.6 is 0 Å². The van der Waals surface area contributed by atoms with Crippen LogP contribution in [-0.2, 0) is 0 Å². The molecule has 0 saturated carbocycles. The maximum absolute atomic E-state index is 12.3. The average molecular weight is 300 g/mol. The van der Waals surface area contributed by atoms with Gasteiger partial charge in [0, 0.05) is 11.9 Å². The second-order valence-electron chi connectivity index (χ2n) is 4.38. The highest BCUT2D eigenvalue weighted by Crippen LogP contribution is 2.24. The number of hydrogen-bond acceptors (Lipinski definition) is 5. The van der Waals surface area contributed by atoms with Crippen molar-refractivity contribution in [1.82, 2.24) is 9.97 Å². The number of anilines is 2. The molecule has 0 saturated heterocycles. The molecule has 0 aliphatic rings. The van der Waals surface area contributed by atoms with Crippen LogP contribution in [0.2, 0.25) is 0 Å². The van der Waals surface area contributed by atoms with Gasteiger partial charge in [-0.05, 0) is 19.1 Å². The summed E-state index contributed by atoms with van der Waals surface area (Å²) >= 11 is 0. The number of hydrogen-bond donors (Lipinski definition) is 3. The molecule has 21 heavy (non-hydrogen) atoms. The lowest BCUT2D eigenvalue weighted by Crippen LogP contribution is -2.35. The average Bonchev–Trinajstić information content (AvgIpc) is 2.43. The predicted molar refractivity (Wildman–Crippen MR) is 74.3 cm³/mol. The molecule has 8 heteroatoms.